The number of methoxy groups -OCH3 is 1. The summed E-state index contributed by atoms with van der Waals surface area (Å²) in [5.74, 6) is 1.20. The van der Waals surface area contributed by atoms with Crippen molar-refractivity contribution < 1.29 is 9.53 Å². The topological polar surface area (TPSA) is 56.2 Å². The molecule has 1 aromatic heterocycles. The third-order valence-corrected chi connectivity index (χ3v) is 4.21. The van der Waals surface area contributed by atoms with E-state index in [-0.39, 0.29) is 5.97 Å². The highest BCUT2D eigenvalue weighted by atomic mass is 16.5. The van der Waals surface area contributed by atoms with Crippen molar-refractivity contribution in [3.8, 4) is 0 Å². The largest absolute Gasteiger partial charge is 0.468 e. The van der Waals surface area contributed by atoms with Gasteiger partial charge in [-0.1, -0.05) is 0 Å². The van der Waals surface area contributed by atoms with Crippen molar-refractivity contribution in [2.24, 2.45) is 5.92 Å². The summed E-state index contributed by atoms with van der Waals surface area (Å²) in [6, 6.07) is 0.475. The maximum absolute atomic E-state index is 12.4. The van der Waals surface area contributed by atoms with Crippen LogP contribution in [-0.4, -0.2) is 34.2 Å². The van der Waals surface area contributed by atoms with E-state index < -0.39 is 5.54 Å². The average Bonchev–Trinajstić information content (AvgIpc) is 3.29. The summed E-state index contributed by atoms with van der Waals surface area (Å²) >= 11 is 0. The van der Waals surface area contributed by atoms with Crippen LogP contribution in [0.15, 0.2) is 12.4 Å². The molecule has 1 heterocycles. The van der Waals surface area contributed by atoms with E-state index in [0.717, 1.165) is 31.5 Å². The predicted molar refractivity (Wildman–Crippen MR) is 70.6 cm³/mol. The Morgan fingerprint density at radius 3 is 2.74 bits per heavy atom. The SMILES string of the molecule is COC(=O)C(Cn1ccnc1C)(NC1CC1)C1CC1. The van der Waals surface area contributed by atoms with Gasteiger partial charge in [-0.25, -0.2) is 9.78 Å². The third kappa shape index (κ3) is 2.39. The van der Waals surface area contributed by atoms with Gasteiger partial charge in [-0.3, -0.25) is 5.32 Å². The van der Waals surface area contributed by atoms with Crippen LogP contribution in [0.5, 0.6) is 0 Å². The molecule has 104 valence electrons. The monoisotopic (exact) mass is 263 g/mol. The van der Waals surface area contributed by atoms with Gasteiger partial charge in [0.25, 0.3) is 0 Å². The van der Waals surface area contributed by atoms with E-state index >= 15 is 0 Å². The molecule has 3 rings (SSSR count). The first-order valence-corrected chi connectivity index (χ1v) is 6.99. The molecule has 0 saturated heterocycles. The predicted octanol–water partition coefficient (Wildman–Crippen LogP) is 1.27. The molecular formula is C14H21N3O2. The number of ether oxygens (including phenoxy) is 1. The standard InChI is InChI=1S/C14H21N3O2/c1-10-15-7-8-17(10)9-14(11-3-4-11,13(18)19-2)16-12-5-6-12/h7-8,11-12,16H,3-6,9H2,1-2H3. The Morgan fingerprint density at radius 2 is 2.26 bits per heavy atom. The van der Waals surface area contributed by atoms with Crippen molar-refractivity contribution in [2.45, 2.75) is 50.7 Å². The zero-order chi connectivity index (χ0) is 13.5. The number of rotatable bonds is 6. The lowest BCUT2D eigenvalue weighted by atomic mass is 9.92. The van der Waals surface area contributed by atoms with E-state index in [1.807, 2.05) is 17.7 Å². The van der Waals surface area contributed by atoms with Gasteiger partial charge >= 0.3 is 5.97 Å². The van der Waals surface area contributed by atoms with Gasteiger partial charge in [0.1, 0.15) is 11.4 Å². The second-order valence-electron chi connectivity index (χ2n) is 5.76. The van der Waals surface area contributed by atoms with Crippen LogP contribution < -0.4 is 5.32 Å². The number of esters is 1. The summed E-state index contributed by atoms with van der Waals surface area (Å²) in [6.45, 7) is 2.58. The number of nitrogens with zero attached hydrogens (tertiary/aromatic N) is 2. The van der Waals surface area contributed by atoms with Gasteiger partial charge in [0, 0.05) is 18.4 Å². The van der Waals surface area contributed by atoms with E-state index in [0.29, 0.717) is 18.5 Å². The van der Waals surface area contributed by atoms with Crippen molar-refractivity contribution in [1.29, 1.82) is 0 Å². The Hall–Kier alpha value is -1.36. The number of imidazole rings is 1. The van der Waals surface area contributed by atoms with E-state index in [4.69, 9.17) is 4.74 Å². The van der Waals surface area contributed by atoms with Crippen LogP contribution in [0.3, 0.4) is 0 Å². The summed E-state index contributed by atoms with van der Waals surface area (Å²) in [5, 5.41) is 3.56. The highest BCUT2D eigenvalue weighted by Crippen LogP contribution is 2.43. The molecule has 0 amide bonds. The minimum absolute atomic E-state index is 0.130. The van der Waals surface area contributed by atoms with Crippen molar-refractivity contribution in [1.82, 2.24) is 14.9 Å². The van der Waals surface area contributed by atoms with Gasteiger partial charge in [-0.2, -0.15) is 0 Å². The van der Waals surface area contributed by atoms with Crippen molar-refractivity contribution in [2.75, 3.05) is 7.11 Å². The number of nitrogens with one attached hydrogen (secondary N) is 1. The van der Waals surface area contributed by atoms with Crippen LogP contribution in [0.1, 0.15) is 31.5 Å². The van der Waals surface area contributed by atoms with E-state index in [2.05, 4.69) is 10.3 Å². The van der Waals surface area contributed by atoms with Gasteiger partial charge < -0.3 is 9.30 Å². The first-order valence-electron chi connectivity index (χ1n) is 6.99. The Labute approximate surface area is 113 Å². The molecule has 0 aromatic carbocycles. The van der Waals surface area contributed by atoms with Crippen LogP contribution in [0.4, 0.5) is 0 Å². The number of aryl methyl sites for hydroxylation is 1. The Bertz CT molecular complexity index is 477. The highest BCUT2D eigenvalue weighted by molar-refractivity contribution is 5.82. The van der Waals surface area contributed by atoms with E-state index in [1.54, 1.807) is 6.20 Å². The molecule has 0 aliphatic heterocycles. The molecule has 5 nitrogen and oxygen atoms in total. The molecule has 0 spiro atoms. The number of carbonyl (C=O) groups is 1. The van der Waals surface area contributed by atoms with Crippen LogP contribution in [0.2, 0.25) is 0 Å². The lowest BCUT2D eigenvalue weighted by Gasteiger charge is -2.33. The minimum atomic E-state index is -0.568. The third-order valence-electron chi connectivity index (χ3n) is 4.21. The van der Waals surface area contributed by atoms with Crippen LogP contribution in [-0.2, 0) is 16.1 Å². The lowest BCUT2D eigenvalue weighted by Crippen LogP contribution is -2.58. The van der Waals surface area contributed by atoms with Crippen molar-refractivity contribution >= 4 is 5.97 Å². The van der Waals surface area contributed by atoms with Gasteiger partial charge in [-0.15, -0.1) is 0 Å². The second kappa shape index (κ2) is 4.63. The normalized spacial score (nSPS) is 22.0. The van der Waals surface area contributed by atoms with Gasteiger partial charge in [-0.05, 0) is 38.5 Å². The van der Waals surface area contributed by atoms with Gasteiger partial charge in [0.05, 0.1) is 13.7 Å². The molecule has 19 heavy (non-hydrogen) atoms. The van der Waals surface area contributed by atoms with E-state index in [9.17, 15) is 4.79 Å². The number of hydrogen-bond donors (Lipinski definition) is 1. The lowest BCUT2D eigenvalue weighted by molar-refractivity contribution is -0.150. The summed E-state index contributed by atoms with van der Waals surface area (Å²) in [5.41, 5.74) is -0.568. The minimum Gasteiger partial charge on any atom is -0.468 e. The second-order valence-corrected chi connectivity index (χ2v) is 5.76. The van der Waals surface area contributed by atoms with Crippen LogP contribution >= 0.6 is 0 Å². The molecule has 5 heteroatoms. The first-order chi connectivity index (χ1) is 9.15. The summed E-state index contributed by atoms with van der Waals surface area (Å²) in [7, 11) is 1.48. The smallest absolute Gasteiger partial charge is 0.328 e. The number of aromatic nitrogens is 2. The molecule has 1 unspecified atom stereocenters. The average molecular weight is 263 g/mol. The molecular weight excluding hydrogens is 242 g/mol. The molecule has 1 atom stereocenters. The molecule has 1 aromatic rings. The maximum Gasteiger partial charge on any atom is 0.328 e. The first kappa shape index (κ1) is 12.7. The fraction of sp³-hybridized carbons (Fsp3) is 0.714. The number of hydrogen-bond acceptors (Lipinski definition) is 4. The zero-order valence-corrected chi connectivity index (χ0v) is 11.6. The Morgan fingerprint density at radius 1 is 1.53 bits per heavy atom. The Kier molecular flexibility index (Phi) is 3.09. The molecule has 2 aliphatic carbocycles. The van der Waals surface area contributed by atoms with Crippen LogP contribution in [0, 0.1) is 12.8 Å². The fourth-order valence-electron chi connectivity index (χ4n) is 2.77. The molecule has 2 fully saturated rings. The Balaban J connectivity index is 1.88. The molecule has 0 bridgehead atoms. The highest BCUT2D eigenvalue weighted by Gasteiger charge is 2.54. The van der Waals surface area contributed by atoms with Crippen LogP contribution in [0.25, 0.3) is 0 Å². The van der Waals surface area contributed by atoms with Crippen molar-refractivity contribution in [3.05, 3.63) is 18.2 Å². The van der Waals surface area contributed by atoms with Crippen molar-refractivity contribution in [3.63, 3.8) is 0 Å². The molecule has 0 radical (unpaired) electrons. The fourth-order valence-corrected chi connectivity index (χ4v) is 2.77. The van der Waals surface area contributed by atoms with Gasteiger partial charge in [0.2, 0.25) is 0 Å². The molecule has 2 aliphatic rings. The number of carbonyl (C=O) groups excluding carboxylic acids is 1. The summed E-state index contributed by atoms with van der Waals surface area (Å²) < 4.78 is 7.15. The van der Waals surface area contributed by atoms with Gasteiger partial charge in [0.15, 0.2) is 0 Å². The maximum atomic E-state index is 12.4. The summed E-state index contributed by atoms with van der Waals surface area (Å²) in [4.78, 5) is 16.6. The molecule has 1 N–H and O–H groups in total. The molecule has 2 saturated carbocycles. The quantitative estimate of drug-likeness (QED) is 0.785. The zero-order valence-electron chi connectivity index (χ0n) is 11.6. The summed E-state index contributed by atoms with van der Waals surface area (Å²) in [6.07, 6.45) is 8.24. The van der Waals surface area contributed by atoms with E-state index in [1.165, 1.54) is 7.11 Å².